The molecule has 0 bridgehead atoms. The maximum atomic E-state index is 13.1. The van der Waals surface area contributed by atoms with Crippen LogP contribution in [0.4, 0.5) is 10.1 Å². The molecule has 0 aliphatic heterocycles. The van der Waals surface area contributed by atoms with Gasteiger partial charge in [0.05, 0.1) is 10.5 Å². The number of halogens is 2. The topological polar surface area (TPSA) is 52.4 Å². The highest BCUT2D eigenvalue weighted by Gasteiger charge is 2.13. The Kier molecular flexibility index (Phi) is 4.68. The lowest BCUT2D eigenvalue weighted by molar-refractivity contribution is -0.385. The van der Waals surface area contributed by atoms with E-state index in [9.17, 15) is 14.5 Å². The molecule has 4 nitrogen and oxygen atoms in total. The molecule has 6 heteroatoms. The van der Waals surface area contributed by atoms with Crippen LogP contribution < -0.4 is 4.74 Å². The normalized spacial score (nSPS) is 10.3. The second-order valence-electron chi connectivity index (χ2n) is 4.06. The van der Waals surface area contributed by atoms with Crippen molar-refractivity contribution in [2.45, 2.75) is 11.9 Å². The van der Waals surface area contributed by atoms with Gasteiger partial charge in [-0.05, 0) is 24.3 Å². The van der Waals surface area contributed by atoms with Crippen LogP contribution in [0.25, 0.3) is 0 Å². The molecule has 0 heterocycles. The van der Waals surface area contributed by atoms with Gasteiger partial charge in [-0.1, -0.05) is 28.1 Å². The summed E-state index contributed by atoms with van der Waals surface area (Å²) in [5, 5.41) is 11.3. The van der Waals surface area contributed by atoms with E-state index in [1.54, 1.807) is 18.2 Å². The lowest BCUT2D eigenvalue weighted by Crippen LogP contribution is -2.02. The molecule has 2 aromatic rings. The van der Waals surface area contributed by atoms with Gasteiger partial charge < -0.3 is 4.74 Å². The van der Waals surface area contributed by atoms with Crippen LogP contribution in [0.2, 0.25) is 0 Å². The number of benzene rings is 2. The largest absolute Gasteiger partial charge is 0.488 e. The molecular weight excluding hydrogens is 329 g/mol. The summed E-state index contributed by atoms with van der Waals surface area (Å²) in [7, 11) is 0. The van der Waals surface area contributed by atoms with Gasteiger partial charge in [0.25, 0.3) is 5.69 Å². The zero-order valence-electron chi connectivity index (χ0n) is 10.4. The first-order valence-corrected chi connectivity index (χ1v) is 6.93. The Morgan fingerprint density at radius 2 is 1.95 bits per heavy atom. The third kappa shape index (κ3) is 3.33. The summed E-state index contributed by atoms with van der Waals surface area (Å²) >= 11 is 3.25. The van der Waals surface area contributed by atoms with Crippen molar-refractivity contribution in [2.24, 2.45) is 0 Å². The van der Waals surface area contributed by atoms with Crippen LogP contribution >= 0.6 is 15.9 Å². The lowest BCUT2D eigenvalue weighted by Gasteiger charge is -2.10. The summed E-state index contributed by atoms with van der Waals surface area (Å²) in [6.45, 7) is 0.0583. The lowest BCUT2D eigenvalue weighted by atomic mass is 10.2. The molecule has 0 saturated carbocycles. The zero-order valence-corrected chi connectivity index (χ0v) is 12.0. The standard InChI is InChI=1S/C14H11BrFNO3/c15-8-11-7-12(16)5-6-14(11)20-9-10-3-1-2-4-13(10)17(18)19/h1-7H,8-9H2. The van der Waals surface area contributed by atoms with Gasteiger partial charge in [-0.25, -0.2) is 4.39 Å². The Labute approximate surface area is 123 Å². The molecule has 0 saturated heterocycles. The summed E-state index contributed by atoms with van der Waals surface area (Å²) < 4.78 is 18.7. The predicted molar refractivity (Wildman–Crippen MR) is 76.5 cm³/mol. The van der Waals surface area contributed by atoms with E-state index in [1.807, 2.05) is 0 Å². The quantitative estimate of drug-likeness (QED) is 0.465. The van der Waals surface area contributed by atoms with Gasteiger partial charge in [0.1, 0.15) is 18.2 Å². The van der Waals surface area contributed by atoms with Crippen molar-refractivity contribution in [3.8, 4) is 5.75 Å². The van der Waals surface area contributed by atoms with Crippen molar-refractivity contribution in [1.29, 1.82) is 0 Å². The molecule has 0 aliphatic rings. The summed E-state index contributed by atoms with van der Waals surface area (Å²) in [5.74, 6) is 0.152. The van der Waals surface area contributed by atoms with Crippen LogP contribution in [0.15, 0.2) is 42.5 Å². The molecule has 2 aromatic carbocycles. The molecule has 0 radical (unpaired) electrons. The van der Waals surface area contributed by atoms with Crippen LogP contribution in [0.5, 0.6) is 5.75 Å². The van der Waals surface area contributed by atoms with Gasteiger partial charge in [-0.15, -0.1) is 0 Å². The van der Waals surface area contributed by atoms with Crippen LogP contribution in [0, 0.1) is 15.9 Å². The Morgan fingerprint density at radius 3 is 2.65 bits per heavy atom. The Bertz CT molecular complexity index is 634. The van der Waals surface area contributed by atoms with Crippen LogP contribution in [-0.2, 0) is 11.9 Å². The predicted octanol–water partition coefficient (Wildman–Crippen LogP) is 4.21. The molecular formula is C14H11BrFNO3. The number of nitrogens with zero attached hydrogens (tertiary/aromatic N) is 1. The second-order valence-corrected chi connectivity index (χ2v) is 4.62. The third-order valence-corrected chi connectivity index (χ3v) is 3.34. The summed E-state index contributed by atoms with van der Waals surface area (Å²) in [4.78, 5) is 10.4. The molecule has 0 N–H and O–H groups in total. The highest BCUT2D eigenvalue weighted by Crippen LogP contribution is 2.25. The smallest absolute Gasteiger partial charge is 0.276 e. The fourth-order valence-electron chi connectivity index (χ4n) is 1.76. The maximum absolute atomic E-state index is 13.1. The zero-order chi connectivity index (χ0) is 14.5. The third-order valence-electron chi connectivity index (χ3n) is 2.74. The van der Waals surface area contributed by atoms with E-state index in [4.69, 9.17) is 4.74 Å². The average molecular weight is 340 g/mol. The fourth-order valence-corrected chi connectivity index (χ4v) is 2.20. The van der Waals surface area contributed by atoms with Crippen LogP contribution in [0.1, 0.15) is 11.1 Å². The minimum absolute atomic E-state index is 0.00926. The van der Waals surface area contributed by atoms with Crippen molar-refractivity contribution < 1.29 is 14.1 Å². The number of hydrogen-bond acceptors (Lipinski definition) is 3. The molecule has 0 unspecified atom stereocenters. The first kappa shape index (κ1) is 14.5. The fraction of sp³-hybridized carbons (Fsp3) is 0.143. The number of alkyl halides is 1. The van der Waals surface area contributed by atoms with E-state index in [0.29, 0.717) is 22.2 Å². The van der Waals surface area contributed by atoms with E-state index in [2.05, 4.69) is 15.9 Å². The molecule has 0 aliphatic carbocycles. The van der Waals surface area contributed by atoms with E-state index in [-0.39, 0.29) is 18.1 Å². The minimum atomic E-state index is -0.450. The number of nitro benzene ring substituents is 1. The number of nitro groups is 1. The molecule has 20 heavy (non-hydrogen) atoms. The molecule has 0 atom stereocenters. The first-order valence-electron chi connectivity index (χ1n) is 5.81. The Balaban J connectivity index is 2.19. The number of hydrogen-bond donors (Lipinski definition) is 0. The van der Waals surface area contributed by atoms with Gasteiger partial charge in [0.2, 0.25) is 0 Å². The van der Waals surface area contributed by atoms with Gasteiger partial charge in [0, 0.05) is 17.0 Å². The summed E-state index contributed by atoms with van der Waals surface area (Å²) in [6, 6.07) is 10.5. The molecule has 0 spiro atoms. The number of rotatable bonds is 5. The van der Waals surface area contributed by atoms with Crippen molar-refractivity contribution in [3.63, 3.8) is 0 Å². The van der Waals surface area contributed by atoms with E-state index < -0.39 is 4.92 Å². The summed E-state index contributed by atoms with van der Waals surface area (Å²) in [5.41, 5.74) is 1.14. The number of ether oxygens (including phenoxy) is 1. The average Bonchev–Trinajstić information content (AvgIpc) is 2.46. The Hall–Kier alpha value is -1.95. The van der Waals surface area contributed by atoms with Crippen LogP contribution in [0.3, 0.4) is 0 Å². The van der Waals surface area contributed by atoms with Crippen LogP contribution in [-0.4, -0.2) is 4.92 Å². The van der Waals surface area contributed by atoms with Gasteiger partial charge >= 0.3 is 0 Å². The van der Waals surface area contributed by atoms with Gasteiger partial charge in [0.15, 0.2) is 0 Å². The maximum Gasteiger partial charge on any atom is 0.276 e. The van der Waals surface area contributed by atoms with Crippen molar-refractivity contribution in [1.82, 2.24) is 0 Å². The molecule has 0 fully saturated rings. The van der Waals surface area contributed by atoms with Gasteiger partial charge in [-0.2, -0.15) is 0 Å². The monoisotopic (exact) mass is 339 g/mol. The van der Waals surface area contributed by atoms with Crippen molar-refractivity contribution in [2.75, 3.05) is 0 Å². The highest BCUT2D eigenvalue weighted by atomic mass is 79.9. The first-order chi connectivity index (χ1) is 9.61. The van der Waals surface area contributed by atoms with Crippen molar-refractivity contribution >= 4 is 21.6 Å². The highest BCUT2D eigenvalue weighted by molar-refractivity contribution is 9.08. The second kappa shape index (κ2) is 6.47. The summed E-state index contributed by atoms with van der Waals surface area (Å²) in [6.07, 6.45) is 0. The van der Waals surface area contributed by atoms with E-state index >= 15 is 0 Å². The van der Waals surface area contributed by atoms with E-state index in [1.165, 1.54) is 24.3 Å². The SMILES string of the molecule is O=[N+]([O-])c1ccccc1COc1ccc(F)cc1CBr. The number of para-hydroxylation sites is 1. The molecule has 0 aromatic heterocycles. The molecule has 0 amide bonds. The molecule has 104 valence electrons. The van der Waals surface area contributed by atoms with E-state index in [0.717, 1.165) is 0 Å². The van der Waals surface area contributed by atoms with Crippen molar-refractivity contribution in [3.05, 3.63) is 69.5 Å². The Morgan fingerprint density at radius 1 is 1.20 bits per heavy atom. The minimum Gasteiger partial charge on any atom is -0.488 e. The van der Waals surface area contributed by atoms with Gasteiger partial charge in [-0.3, -0.25) is 10.1 Å². The molecule has 2 rings (SSSR count).